The molecule has 2 aromatic heterocycles. The molecule has 0 aliphatic carbocycles. The minimum atomic E-state index is 0.356. The van der Waals surface area contributed by atoms with E-state index in [0.29, 0.717) is 47.7 Å². The largest absolute Gasteiger partial charge is 0.494 e. The van der Waals surface area contributed by atoms with Gasteiger partial charge in [-0.15, -0.1) is 0 Å². The molecule has 0 fully saturated rings. The Morgan fingerprint density at radius 3 is 2.62 bits per heavy atom. The van der Waals surface area contributed by atoms with E-state index < -0.39 is 0 Å². The van der Waals surface area contributed by atoms with E-state index in [9.17, 15) is 0 Å². The molecule has 2 heterocycles. The van der Waals surface area contributed by atoms with Crippen LogP contribution in [0.25, 0.3) is 23.0 Å². The molecule has 0 radical (unpaired) electrons. The molecule has 0 aliphatic rings. The number of aromatic nitrogens is 3. The maximum atomic E-state index is 6.05. The second-order valence-corrected chi connectivity index (χ2v) is 6.46. The average molecular weight is 387 g/mol. The minimum absolute atomic E-state index is 0.356. The van der Waals surface area contributed by atoms with E-state index in [1.165, 1.54) is 0 Å². The van der Waals surface area contributed by atoms with Crippen molar-refractivity contribution in [2.24, 2.45) is 0 Å². The van der Waals surface area contributed by atoms with Crippen LogP contribution in [0.4, 0.5) is 0 Å². The molecule has 6 nitrogen and oxygen atoms in total. The minimum Gasteiger partial charge on any atom is -0.494 e. The highest BCUT2D eigenvalue weighted by molar-refractivity contribution is 5.67. The predicted octanol–water partition coefficient (Wildman–Crippen LogP) is 5.08. The molecule has 0 saturated heterocycles. The molecule has 4 rings (SSSR count). The van der Waals surface area contributed by atoms with Gasteiger partial charge in [0, 0.05) is 6.20 Å². The Kier molecular flexibility index (Phi) is 5.52. The molecule has 0 spiro atoms. The summed E-state index contributed by atoms with van der Waals surface area (Å²) in [5.74, 6) is 2.15. The van der Waals surface area contributed by atoms with Gasteiger partial charge in [-0.25, -0.2) is 0 Å². The van der Waals surface area contributed by atoms with Crippen LogP contribution in [-0.2, 0) is 6.61 Å². The Morgan fingerprint density at radius 2 is 1.83 bits per heavy atom. The molecule has 0 amide bonds. The van der Waals surface area contributed by atoms with Crippen molar-refractivity contribution in [1.82, 2.24) is 15.1 Å². The molecule has 0 aliphatic heterocycles. The number of nitrogens with zero attached hydrogens (tertiary/aromatic N) is 3. The normalized spacial score (nSPS) is 10.7. The smallest absolute Gasteiger partial charge is 0.262 e. The highest BCUT2D eigenvalue weighted by Crippen LogP contribution is 2.34. The van der Waals surface area contributed by atoms with E-state index in [1.54, 1.807) is 6.20 Å². The summed E-state index contributed by atoms with van der Waals surface area (Å²) in [6.45, 7) is 4.89. The van der Waals surface area contributed by atoms with Crippen LogP contribution in [0.2, 0.25) is 0 Å². The number of aryl methyl sites for hydroxylation is 1. The van der Waals surface area contributed by atoms with Crippen LogP contribution < -0.4 is 9.47 Å². The summed E-state index contributed by atoms with van der Waals surface area (Å²) in [5.41, 5.74) is 3.42. The van der Waals surface area contributed by atoms with Crippen LogP contribution in [0.15, 0.2) is 71.4 Å². The first-order chi connectivity index (χ1) is 14.2. The van der Waals surface area contributed by atoms with Crippen molar-refractivity contribution < 1.29 is 14.0 Å². The van der Waals surface area contributed by atoms with Crippen LogP contribution in [0, 0.1) is 6.92 Å². The lowest BCUT2D eigenvalue weighted by Gasteiger charge is -2.11. The molecule has 0 unspecified atom stereocenters. The summed E-state index contributed by atoms with van der Waals surface area (Å²) in [7, 11) is 0. The van der Waals surface area contributed by atoms with E-state index in [0.717, 1.165) is 11.1 Å². The zero-order valence-electron chi connectivity index (χ0n) is 16.3. The van der Waals surface area contributed by atoms with E-state index in [4.69, 9.17) is 14.0 Å². The summed E-state index contributed by atoms with van der Waals surface area (Å²) in [6, 6.07) is 19.4. The monoisotopic (exact) mass is 387 g/mol. The Morgan fingerprint density at radius 1 is 0.966 bits per heavy atom. The van der Waals surface area contributed by atoms with Crippen molar-refractivity contribution in [1.29, 1.82) is 0 Å². The molecule has 0 bridgehead atoms. The van der Waals surface area contributed by atoms with Crippen molar-refractivity contribution in [2.45, 2.75) is 20.5 Å². The predicted molar refractivity (Wildman–Crippen MR) is 110 cm³/mol. The lowest BCUT2D eigenvalue weighted by Crippen LogP contribution is -1.98. The van der Waals surface area contributed by atoms with Crippen molar-refractivity contribution in [2.75, 3.05) is 6.61 Å². The van der Waals surface area contributed by atoms with Crippen LogP contribution in [0.1, 0.15) is 18.1 Å². The molecular formula is C23H21N3O3. The zero-order valence-corrected chi connectivity index (χ0v) is 16.3. The summed E-state index contributed by atoms with van der Waals surface area (Å²) < 4.78 is 17.2. The number of benzene rings is 2. The Balaban J connectivity index is 1.67. The first-order valence-corrected chi connectivity index (χ1v) is 9.44. The van der Waals surface area contributed by atoms with Gasteiger partial charge in [-0.3, -0.25) is 4.98 Å². The van der Waals surface area contributed by atoms with Crippen LogP contribution in [0.5, 0.6) is 11.5 Å². The van der Waals surface area contributed by atoms with Gasteiger partial charge < -0.3 is 14.0 Å². The summed E-state index contributed by atoms with van der Waals surface area (Å²) in [5, 5.41) is 4.11. The summed E-state index contributed by atoms with van der Waals surface area (Å²) in [6.07, 6.45) is 1.71. The van der Waals surface area contributed by atoms with Gasteiger partial charge >= 0.3 is 0 Å². The fraction of sp³-hybridized carbons (Fsp3) is 0.174. The number of hydrogen-bond donors (Lipinski definition) is 0. The third-order valence-corrected chi connectivity index (χ3v) is 4.38. The Labute approximate surface area is 169 Å². The van der Waals surface area contributed by atoms with Crippen LogP contribution >= 0.6 is 0 Å². The quantitative estimate of drug-likeness (QED) is 0.440. The van der Waals surface area contributed by atoms with Gasteiger partial charge in [0.2, 0.25) is 5.82 Å². The molecule has 4 aromatic rings. The van der Waals surface area contributed by atoms with Crippen molar-refractivity contribution in [3.05, 3.63) is 78.0 Å². The molecule has 0 N–H and O–H groups in total. The highest BCUT2D eigenvalue weighted by Gasteiger charge is 2.18. The van der Waals surface area contributed by atoms with E-state index in [1.807, 2.05) is 74.5 Å². The number of hydrogen-bond acceptors (Lipinski definition) is 6. The van der Waals surface area contributed by atoms with Crippen molar-refractivity contribution in [3.8, 4) is 34.5 Å². The fourth-order valence-corrected chi connectivity index (χ4v) is 2.94. The lowest BCUT2D eigenvalue weighted by atomic mass is 10.1. The fourth-order valence-electron chi connectivity index (χ4n) is 2.94. The maximum absolute atomic E-state index is 6.05. The number of rotatable bonds is 7. The third-order valence-electron chi connectivity index (χ3n) is 4.38. The van der Waals surface area contributed by atoms with Gasteiger partial charge in [0.15, 0.2) is 0 Å². The Bertz CT molecular complexity index is 1090. The molecule has 0 atom stereocenters. The molecular weight excluding hydrogens is 366 g/mol. The SMILES string of the molecule is CCOc1ccc(OCc2ccccc2)c(-c2nc(-c3ncccc3C)no2)c1. The van der Waals surface area contributed by atoms with E-state index >= 15 is 0 Å². The van der Waals surface area contributed by atoms with Crippen LogP contribution in [0.3, 0.4) is 0 Å². The molecule has 6 heteroatoms. The maximum Gasteiger partial charge on any atom is 0.262 e. The number of ether oxygens (including phenoxy) is 2. The second kappa shape index (κ2) is 8.56. The standard InChI is InChI=1S/C23H21N3O3/c1-3-27-18-11-12-20(28-15-17-9-5-4-6-10-17)19(14-18)23-25-22(26-29-23)21-16(2)8-7-13-24-21/h4-14H,3,15H2,1-2H3. The topological polar surface area (TPSA) is 70.3 Å². The van der Waals surface area contributed by atoms with Crippen molar-refractivity contribution >= 4 is 0 Å². The average Bonchev–Trinajstić information content (AvgIpc) is 3.24. The molecule has 0 saturated carbocycles. The first-order valence-electron chi connectivity index (χ1n) is 9.44. The second-order valence-electron chi connectivity index (χ2n) is 6.46. The molecule has 2 aromatic carbocycles. The highest BCUT2D eigenvalue weighted by atomic mass is 16.5. The van der Waals surface area contributed by atoms with Gasteiger partial charge in [0.05, 0.1) is 12.2 Å². The van der Waals surface area contributed by atoms with Gasteiger partial charge in [-0.1, -0.05) is 41.6 Å². The summed E-state index contributed by atoms with van der Waals surface area (Å²) in [4.78, 5) is 8.91. The van der Waals surface area contributed by atoms with Gasteiger partial charge in [-0.2, -0.15) is 4.98 Å². The zero-order chi connectivity index (χ0) is 20.1. The summed E-state index contributed by atoms with van der Waals surface area (Å²) >= 11 is 0. The third kappa shape index (κ3) is 4.27. The number of pyridine rings is 1. The molecule has 29 heavy (non-hydrogen) atoms. The van der Waals surface area contributed by atoms with E-state index in [2.05, 4.69) is 15.1 Å². The van der Waals surface area contributed by atoms with Crippen LogP contribution in [-0.4, -0.2) is 21.7 Å². The van der Waals surface area contributed by atoms with Gasteiger partial charge in [0.25, 0.3) is 5.89 Å². The van der Waals surface area contributed by atoms with Crippen molar-refractivity contribution in [3.63, 3.8) is 0 Å². The Hall–Kier alpha value is -3.67. The van der Waals surface area contributed by atoms with E-state index in [-0.39, 0.29) is 0 Å². The van der Waals surface area contributed by atoms with Gasteiger partial charge in [0.1, 0.15) is 23.8 Å². The first kappa shape index (κ1) is 18.7. The van der Waals surface area contributed by atoms with Gasteiger partial charge in [-0.05, 0) is 49.2 Å². The molecule has 146 valence electrons. The lowest BCUT2D eigenvalue weighted by molar-refractivity contribution is 0.303.